The smallest absolute Gasteiger partial charge is 0.272 e. The van der Waals surface area contributed by atoms with Gasteiger partial charge in [0.2, 0.25) is 0 Å². The van der Waals surface area contributed by atoms with Crippen LogP contribution in [-0.4, -0.2) is 17.4 Å². The first-order chi connectivity index (χ1) is 7.54. The maximum absolute atomic E-state index is 10.6. The summed E-state index contributed by atoms with van der Waals surface area (Å²) in [4.78, 5) is 10.2. The number of alkyl halides is 1. The first-order valence-corrected chi connectivity index (χ1v) is 5.52. The van der Waals surface area contributed by atoms with Crippen LogP contribution in [0.5, 0.6) is 5.75 Å². The van der Waals surface area contributed by atoms with Gasteiger partial charge in [0.25, 0.3) is 5.69 Å². The summed E-state index contributed by atoms with van der Waals surface area (Å²) in [6.07, 6.45) is 0. The molecule has 0 saturated heterocycles. The van der Waals surface area contributed by atoms with E-state index in [-0.39, 0.29) is 11.6 Å². The molecule has 0 aliphatic rings. The second-order valence-electron chi connectivity index (χ2n) is 3.78. The van der Waals surface area contributed by atoms with E-state index >= 15 is 0 Å². The lowest BCUT2D eigenvalue weighted by molar-refractivity contribution is -0.385. The van der Waals surface area contributed by atoms with E-state index in [1.165, 1.54) is 6.07 Å². The number of halogens is 1. The highest BCUT2D eigenvalue weighted by Crippen LogP contribution is 2.23. The van der Waals surface area contributed by atoms with Gasteiger partial charge in [-0.2, -0.15) is 0 Å². The van der Waals surface area contributed by atoms with Crippen LogP contribution in [-0.2, 0) is 0 Å². The van der Waals surface area contributed by atoms with Crippen molar-refractivity contribution in [3.63, 3.8) is 0 Å². The first-order valence-electron chi connectivity index (χ1n) is 4.98. The first kappa shape index (κ1) is 12.8. The van der Waals surface area contributed by atoms with E-state index in [1.807, 2.05) is 6.92 Å². The van der Waals surface area contributed by atoms with Crippen LogP contribution in [0.3, 0.4) is 0 Å². The molecule has 0 saturated carbocycles. The minimum absolute atomic E-state index is 0.109. The molecule has 0 aliphatic heterocycles. The Morgan fingerprint density at radius 1 is 1.56 bits per heavy atom. The van der Waals surface area contributed by atoms with Crippen LogP contribution < -0.4 is 4.74 Å². The fraction of sp³-hybridized carbons (Fsp3) is 0.455. The van der Waals surface area contributed by atoms with Crippen molar-refractivity contribution in [3.05, 3.63) is 33.9 Å². The number of nitrogens with zero attached hydrogens (tertiary/aromatic N) is 1. The minimum Gasteiger partial charge on any atom is -0.493 e. The predicted molar refractivity (Wildman–Crippen MR) is 63.2 cm³/mol. The van der Waals surface area contributed by atoms with E-state index in [4.69, 9.17) is 16.3 Å². The van der Waals surface area contributed by atoms with Crippen LogP contribution in [0.15, 0.2) is 18.2 Å². The molecule has 0 amide bonds. The molecule has 16 heavy (non-hydrogen) atoms. The zero-order chi connectivity index (χ0) is 12.1. The third kappa shape index (κ3) is 3.38. The fourth-order valence-electron chi connectivity index (χ4n) is 1.21. The van der Waals surface area contributed by atoms with Crippen LogP contribution in [0.2, 0.25) is 0 Å². The molecule has 0 fully saturated rings. The maximum Gasteiger partial charge on any atom is 0.272 e. The molecule has 4 nitrogen and oxygen atoms in total. The molecule has 0 spiro atoms. The van der Waals surface area contributed by atoms with Gasteiger partial charge < -0.3 is 4.74 Å². The van der Waals surface area contributed by atoms with Crippen molar-refractivity contribution in [2.75, 3.05) is 12.5 Å². The molecular weight excluding hydrogens is 230 g/mol. The van der Waals surface area contributed by atoms with E-state index in [0.29, 0.717) is 23.8 Å². The fourth-order valence-corrected chi connectivity index (χ4v) is 1.29. The molecule has 0 bridgehead atoms. The van der Waals surface area contributed by atoms with Crippen molar-refractivity contribution in [1.82, 2.24) is 0 Å². The Morgan fingerprint density at radius 3 is 2.75 bits per heavy atom. The van der Waals surface area contributed by atoms with E-state index in [2.05, 4.69) is 0 Å². The largest absolute Gasteiger partial charge is 0.493 e. The monoisotopic (exact) mass is 243 g/mol. The third-order valence-electron chi connectivity index (χ3n) is 2.16. The lowest BCUT2D eigenvalue weighted by Gasteiger charge is -2.10. The highest BCUT2D eigenvalue weighted by molar-refractivity contribution is 6.18. The number of rotatable bonds is 5. The summed E-state index contributed by atoms with van der Waals surface area (Å²) in [6.45, 7) is 4.18. The van der Waals surface area contributed by atoms with Crippen LogP contribution >= 0.6 is 11.6 Å². The van der Waals surface area contributed by atoms with Gasteiger partial charge in [0.05, 0.1) is 11.5 Å². The van der Waals surface area contributed by atoms with Crippen molar-refractivity contribution in [1.29, 1.82) is 0 Å². The molecular formula is C11H14ClNO3. The topological polar surface area (TPSA) is 52.4 Å². The van der Waals surface area contributed by atoms with Gasteiger partial charge in [0.1, 0.15) is 5.75 Å². The van der Waals surface area contributed by atoms with Crippen molar-refractivity contribution in [2.24, 2.45) is 5.92 Å². The Balaban J connectivity index is 2.70. The molecule has 5 heteroatoms. The summed E-state index contributed by atoms with van der Waals surface area (Å²) in [6, 6.07) is 4.72. The molecule has 0 N–H and O–H groups in total. The normalized spacial score (nSPS) is 12.2. The number of nitro groups is 1. The summed E-state index contributed by atoms with van der Waals surface area (Å²) in [5.41, 5.74) is 0.707. The predicted octanol–water partition coefficient (Wildman–Crippen LogP) is 3.16. The van der Waals surface area contributed by atoms with Crippen LogP contribution in [0.4, 0.5) is 5.69 Å². The zero-order valence-corrected chi connectivity index (χ0v) is 10.0. The van der Waals surface area contributed by atoms with Crippen molar-refractivity contribution in [3.8, 4) is 5.75 Å². The van der Waals surface area contributed by atoms with Gasteiger partial charge in [0, 0.05) is 23.4 Å². The minimum atomic E-state index is -0.402. The van der Waals surface area contributed by atoms with Gasteiger partial charge in [-0.3, -0.25) is 10.1 Å². The Hall–Kier alpha value is -1.29. The Morgan fingerprint density at radius 2 is 2.25 bits per heavy atom. The molecule has 0 aliphatic carbocycles. The van der Waals surface area contributed by atoms with Gasteiger partial charge in [-0.1, -0.05) is 6.92 Å². The molecule has 0 aromatic heterocycles. The molecule has 1 aromatic carbocycles. The summed E-state index contributed by atoms with van der Waals surface area (Å²) in [5.74, 6) is 1.43. The number of benzene rings is 1. The molecule has 1 aromatic rings. The van der Waals surface area contributed by atoms with Crippen LogP contribution in [0.1, 0.15) is 12.5 Å². The summed E-state index contributed by atoms with van der Waals surface area (Å²) < 4.78 is 5.47. The van der Waals surface area contributed by atoms with Crippen LogP contribution in [0, 0.1) is 23.0 Å². The molecule has 0 heterocycles. The van der Waals surface area contributed by atoms with Gasteiger partial charge in [-0.25, -0.2) is 0 Å². The zero-order valence-electron chi connectivity index (χ0n) is 9.27. The lowest BCUT2D eigenvalue weighted by atomic mass is 10.2. The number of hydrogen-bond acceptors (Lipinski definition) is 3. The van der Waals surface area contributed by atoms with E-state index < -0.39 is 4.92 Å². The standard InChI is InChI=1S/C11H14ClNO3/c1-8(6-12)7-16-10-3-4-11(13(14)15)9(2)5-10/h3-5,8H,6-7H2,1-2H3. The summed E-state index contributed by atoms with van der Waals surface area (Å²) in [7, 11) is 0. The number of hydrogen-bond donors (Lipinski definition) is 0. The van der Waals surface area contributed by atoms with Gasteiger partial charge >= 0.3 is 0 Å². The third-order valence-corrected chi connectivity index (χ3v) is 2.69. The molecule has 1 rings (SSSR count). The van der Waals surface area contributed by atoms with Gasteiger partial charge in [-0.05, 0) is 19.1 Å². The second-order valence-corrected chi connectivity index (χ2v) is 4.08. The number of aryl methyl sites for hydroxylation is 1. The van der Waals surface area contributed by atoms with E-state index in [0.717, 1.165) is 0 Å². The van der Waals surface area contributed by atoms with E-state index in [9.17, 15) is 10.1 Å². The summed E-state index contributed by atoms with van der Waals surface area (Å²) in [5, 5.41) is 10.6. The molecule has 88 valence electrons. The molecule has 1 atom stereocenters. The van der Waals surface area contributed by atoms with Crippen molar-refractivity contribution >= 4 is 17.3 Å². The highest BCUT2D eigenvalue weighted by Gasteiger charge is 2.11. The Labute approximate surface area is 99.3 Å². The van der Waals surface area contributed by atoms with E-state index in [1.54, 1.807) is 19.1 Å². The summed E-state index contributed by atoms with van der Waals surface area (Å²) >= 11 is 5.65. The maximum atomic E-state index is 10.6. The average molecular weight is 244 g/mol. The van der Waals surface area contributed by atoms with Gasteiger partial charge in [-0.15, -0.1) is 11.6 Å². The Bertz CT molecular complexity index is 381. The van der Waals surface area contributed by atoms with Gasteiger partial charge in [0.15, 0.2) is 0 Å². The Kier molecular flexibility index (Phi) is 4.55. The molecule has 0 radical (unpaired) electrons. The van der Waals surface area contributed by atoms with Crippen molar-refractivity contribution < 1.29 is 9.66 Å². The van der Waals surface area contributed by atoms with Crippen LogP contribution in [0.25, 0.3) is 0 Å². The average Bonchev–Trinajstić information content (AvgIpc) is 2.25. The lowest BCUT2D eigenvalue weighted by Crippen LogP contribution is -2.09. The SMILES string of the molecule is Cc1cc(OCC(C)CCl)ccc1[N+](=O)[O-]. The highest BCUT2D eigenvalue weighted by atomic mass is 35.5. The quantitative estimate of drug-likeness (QED) is 0.453. The molecule has 1 unspecified atom stereocenters. The number of ether oxygens (including phenoxy) is 1. The van der Waals surface area contributed by atoms with Crippen molar-refractivity contribution in [2.45, 2.75) is 13.8 Å². The number of nitro benzene ring substituents is 1. The second kappa shape index (κ2) is 5.70.